The molecule has 0 bridgehead atoms. The minimum absolute atomic E-state index is 0. The Labute approximate surface area is 40.4 Å². The van der Waals surface area contributed by atoms with Crippen LogP contribution in [-0.2, 0) is 20.8 Å². The molecule has 0 heterocycles. The summed E-state index contributed by atoms with van der Waals surface area (Å²) < 4.78 is 3.72. The Balaban J connectivity index is 0. The Morgan fingerprint density at radius 1 is 1.75 bits per heavy atom. The molecular formula is CH3ClNiO. The van der Waals surface area contributed by atoms with E-state index in [9.17, 15) is 0 Å². The van der Waals surface area contributed by atoms with Crippen molar-refractivity contribution in [3.63, 3.8) is 0 Å². The molecule has 0 spiro atoms. The molecule has 30 valence electrons. The van der Waals surface area contributed by atoms with E-state index in [0.29, 0.717) is 0 Å². The average Bonchev–Trinajstić information content (AvgIpc) is 0.918. The molecule has 0 atom stereocenters. The first-order valence-electron chi connectivity index (χ1n) is 0.563. The van der Waals surface area contributed by atoms with Crippen LogP contribution in [0, 0.1) is 0 Å². The van der Waals surface area contributed by atoms with Crippen LogP contribution in [0.3, 0.4) is 0 Å². The fraction of sp³-hybridized carbons (Fsp3) is 1.00. The van der Waals surface area contributed by atoms with Crippen LogP contribution in [0.2, 0.25) is 0 Å². The van der Waals surface area contributed by atoms with Gasteiger partial charge in [-0.25, -0.2) is 0 Å². The van der Waals surface area contributed by atoms with Crippen molar-refractivity contribution in [1.82, 2.24) is 0 Å². The van der Waals surface area contributed by atoms with Gasteiger partial charge in [-0.15, -0.1) is 0 Å². The molecule has 0 radical (unpaired) electrons. The zero-order valence-electron chi connectivity index (χ0n) is 2.10. The second kappa shape index (κ2) is 9.27. The van der Waals surface area contributed by atoms with Crippen LogP contribution in [-0.4, -0.2) is 7.11 Å². The minimum Gasteiger partial charge on any atom is -0.283 e. The Hall–Kier alpha value is 0.744. The zero-order chi connectivity index (χ0) is 2.71. The van der Waals surface area contributed by atoms with Gasteiger partial charge in [-0.1, -0.05) is 0 Å². The molecule has 0 amide bonds. The minimum atomic E-state index is 0. The van der Waals surface area contributed by atoms with Gasteiger partial charge in [0.25, 0.3) is 0 Å². The van der Waals surface area contributed by atoms with E-state index < -0.39 is 0 Å². The fourth-order valence-corrected chi connectivity index (χ4v) is 0. The Morgan fingerprint density at radius 2 is 1.75 bits per heavy atom. The maximum absolute atomic E-state index is 4.50. The summed E-state index contributed by atoms with van der Waals surface area (Å²) >= 11 is 4.50. The van der Waals surface area contributed by atoms with Gasteiger partial charge in [0, 0.05) is 16.5 Å². The molecule has 0 aromatic heterocycles. The normalized spacial score (nSPS) is 4.50. The summed E-state index contributed by atoms with van der Waals surface area (Å²) in [7, 11) is 1.39. The van der Waals surface area contributed by atoms with Crippen molar-refractivity contribution in [2.24, 2.45) is 0 Å². The maximum Gasteiger partial charge on any atom is 0.0606 e. The van der Waals surface area contributed by atoms with Gasteiger partial charge < -0.3 is 0 Å². The number of hydrogen-bond donors (Lipinski definition) is 0. The van der Waals surface area contributed by atoms with E-state index in [4.69, 9.17) is 0 Å². The Bertz CT molecular complexity index is 8.00. The van der Waals surface area contributed by atoms with Crippen LogP contribution >= 0.6 is 11.9 Å². The van der Waals surface area contributed by atoms with E-state index in [1.807, 2.05) is 0 Å². The molecule has 0 aromatic carbocycles. The van der Waals surface area contributed by atoms with Crippen molar-refractivity contribution in [2.75, 3.05) is 7.11 Å². The molecule has 0 aliphatic rings. The van der Waals surface area contributed by atoms with E-state index in [1.165, 1.54) is 7.11 Å². The quantitative estimate of drug-likeness (QED) is 0.435. The second-order valence-corrected chi connectivity index (χ2v) is 0.463. The van der Waals surface area contributed by atoms with Gasteiger partial charge in [0.15, 0.2) is 0 Å². The van der Waals surface area contributed by atoms with E-state index in [0.717, 1.165) is 0 Å². The summed E-state index contributed by atoms with van der Waals surface area (Å²) in [5.41, 5.74) is 0. The van der Waals surface area contributed by atoms with Crippen molar-refractivity contribution >= 4 is 11.9 Å². The molecule has 0 saturated heterocycles. The smallest absolute Gasteiger partial charge is 0.0606 e. The van der Waals surface area contributed by atoms with Gasteiger partial charge in [-0.3, -0.25) is 4.29 Å². The van der Waals surface area contributed by atoms with Crippen molar-refractivity contribution in [2.45, 2.75) is 0 Å². The first-order chi connectivity index (χ1) is 1.41. The van der Waals surface area contributed by atoms with E-state index in [1.54, 1.807) is 0 Å². The molecule has 0 rings (SSSR count). The van der Waals surface area contributed by atoms with E-state index in [2.05, 4.69) is 16.2 Å². The molecular weight excluding hydrogens is 122 g/mol. The van der Waals surface area contributed by atoms with Crippen LogP contribution in [0.5, 0.6) is 0 Å². The number of rotatable bonds is 0. The van der Waals surface area contributed by atoms with Crippen LogP contribution in [0.15, 0.2) is 0 Å². The van der Waals surface area contributed by atoms with Crippen LogP contribution in [0.4, 0.5) is 0 Å². The van der Waals surface area contributed by atoms with Gasteiger partial charge >= 0.3 is 0 Å². The molecule has 1 nitrogen and oxygen atoms in total. The molecule has 0 N–H and O–H groups in total. The second-order valence-electron chi connectivity index (χ2n) is 0.154. The SMILES string of the molecule is COCl.[Ni]. The average molecular weight is 125 g/mol. The molecule has 0 saturated carbocycles. The summed E-state index contributed by atoms with van der Waals surface area (Å²) in [6.45, 7) is 0. The first-order valence-corrected chi connectivity index (χ1v) is 0.871. The van der Waals surface area contributed by atoms with Gasteiger partial charge in [-0.05, 0) is 0 Å². The summed E-state index contributed by atoms with van der Waals surface area (Å²) in [4.78, 5) is 0. The van der Waals surface area contributed by atoms with Crippen LogP contribution in [0.25, 0.3) is 0 Å². The third-order valence-corrected chi connectivity index (χ3v) is 0. The number of hydrogen-bond acceptors (Lipinski definition) is 1. The summed E-state index contributed by atoms with van der Waals surface area (Å²) in [5.74, 6) is 0. The zero-order valence-corrected chi connectivity index (χ0v) is 3.85. The molecule has 0 aliphatic carbocycles. The fourth-order valence-electron chi connectivity index (χ4n) is 0. The van der Waals surface area contributed by atoms with Crippen LogP contribution in [0.1, 0.15) is 0 Å². The maximum atomic E-state index is 4.50. The predicted octanol–water partition coefficient (Wildman–Crippen LogP) is 0.784. The Kier molecular flexibility index (Phi) is 20.5. The summed E-state index contributed by atoms with van der Waals surface area (Å²) in [5, 5.41) is 0. The van der Waals surface area contributed by atoms with Crippen molar-refractivity contribution < 1.29 is 20.8 Å². The summed E-state index contributed by atoms with van der Waals surface area (Å²) in [6, 6.07) is 0. The van der Waals surface area contributed by atoms with Gasteiger partial charge in [0.05, 0.1) is 19.0 Å². The molecule has 0 unspecified atom stereocenters. The van der Waals surface area contributed by atoms with E-state index >= 15 is 0 Å². The third-order valence-electron chi connectivity index (χ3n) is 0. The predicted molar refractivity (Wildman–Crippen MR) is 12.9 cm³/mol. The first kappa shape index (κ1) is 8.83. The third kappa shape index (κ3) is 15.1. The number of halogens is 1. The molecule has 4 heavy (non-hydrogen) atoms. The summed E-state index contributed by atoms with van der Waals surface area (Å²) in [6.07, 6.45) is 0. The topological polar surface area (TPSA) is 9.23 Å². The standard InChI is InChI=1S/CH3ClO.Ni/c1-3-2;/h1H3;. The van der Waals surface area contributed by atoms with Crippen molar-refractivity contribution in [3.8, 4) is 0 Å². The molecule has 3 heteroatoms. The molecule has 0 aromatic rings. The largest absolute Gasteiger partial charge is 0.283 e. The molecule has 0 fully saturated rings. The van der Waals surface area contributed by atoms with Crippen LogP contribution < -0.4 is 0 Å². The van der Waals surface area contributed by atoms with Gasteiger partial charge in [-0.2, -0.15) is 0 Å². The molecule has 0 aliphatic heterocycles. The van der Waals surface area contributed by atoms with Crippen molar-refractivity contribution in [1.29, 1.82) is 0 Å². The Morgan fingerprint density at radius 3 is 1.75 bits per heavy atom. The van der Waals surface area contributed by atoms with E-state index in [-0.39, 0.29) is 16.5 Å². The van der Waals surface area contributed by atoms with Crippen molar-refractivity contribution in [3.05, 3.63) is 0 Å². The van der Waals surface area contributed by atoms with Gasteiger partial charge in [0.2, 0.25) is 0 Å². The monoisotopic (exact) mass is 124 g/mol. The van der Waals surface area contributed by atoms with Gasteiger partial charge in [0.1, 0.15) is 0 Å².